The van der Waals surface area contributed by atoms with Gasteiger partial charge >= 0.3 is 0 Å². The molecule has 2 N–H and O–H groups in total. The fourth-order valence-electron chi connectivity index (χ4n) is 1.34. The average Bonchev–Trinajstić information content (AvgIpc) is 2.20. The maximum absolute atomic E-state index is 9.40. The number of phenols is 1. The molecule has 1 rings (SSSR count). The lowest BCUT2D eigenvalue weighted by molar-refractivity contribution is 0.372. The van der Waals surface area contributed by atoms with Gasteiger partial charge in [-0.05, 0) is 30.2 Å². The summed E-state index contributed by atoms with van der Waals surface area (Å²) in [5, 5.41) is 12.7. The van der Waals surface area contributed by atoms with Gasteiger partial charge in [-0.25, -0.2) is 0 Å². The first-order valence-corrected chi connectivity index (χ1v) is 5.20. The Morgan fingerprint density at radius 3 is 2.62 bits per heavy atom. The molecule has 0 spiro atoms. The van der Waals surface area contributed by atoms with Crippen molar-refractivity contribution in [3.63, 3.8) is 0 Å². The van der Waals surface area contributed by atoms with Crippen molar-refractivity contribution in [2.45, 2.75) is 20.4 Å². The van der Waals surface area contributed by atoms with Crippen LogP contribution in [0.4, 0.5) is 0 Å². The van der Waals surface area contributed by atoms with E-state index in [1.54, 1.807) is 13.2 Å². The summed E-state index contributed by atoms with van der Waals surface area (Å²) >= 11 is 0. The largest absolute Gasteiger partial charge is 0.504 e. The quantitative estimate of drug-likeness (QED) is 0.838. The lowest BCUT2D eigenvalue weighted by Crippen LogP contribution is -2.18. The molecule has 0 fully saturated rings. The molecule has 1 aromatic carbocycles. The molecule has 0 amide bonds. The monoisotopic (exact) mass is 245 g/mol. The van der Waals surface area contributed by atoms with Gasteiger partial charge in [-0.3, -0.25) is 0 Å². The van der Waals surface area contributed by atoms with E-state index >= 15 is 0 Å². The van der Waals surface area contributed by atoms with Crippen LogP contribution >= 0.6 is 12.4 Å². The minimum Gasteiger partial charge on any atom is -0.504 e. The maximum Gasteiger partial charge on any atom is 0.160 e. The third-order valence-corrected chi connectivity index (χ3v) is 2.13. The van der Waals surface area contributed by atoms with Gasteiger partial charge in [0.1, 0.15) is 0 Å². The summed E-state index contributed by atoms with van der Waals surface area (Å²) in [5.41, 5.74) is 1.12. The van der Waals surface area contributed by atoms with Gasteiger partial charge in [-0.2, -0.15) is 0 Å². The minimum absolute atomic E-state index is 0. The van der Waals surface area contributed by atoms with Crippen LogP contribution in [0.25, 0.3) is 0 Å². The van der Waals surface area contributed by atoms with Crippen molar-refractivity contribution in [2.75, 3.05) is 13.7 Å². The highest BCUT2D eigenvalue weighted by atomic mass is 35.5. The van der Waals surface area contributed by atoms with E-state index in [0.717, 1.165) is 18.7 Å². The molecule has 0 aliphatic heterocycles. The van der Waals surface area contributed by atoms with Crippen molar-refractivity contribution in [1.82, 2.24) is 5.32 Å². The van der Waals surface area contributed by atoms with Crippen molar-refractivity contribution in [2.24, 2.45) is 5.92 Å². The van der Waals surface area contributed by atoms with Crippen LogP contribution in [0.3, 0.4) is 0 Å². The third-order valence-electron chi connectivity index (χ3n) is 2.13. The Hall–Kier alpha value is -0.930. The summed E-state index contributed by atoms with van der Waals surface area (Å²) in [4.78, 5) is 0. The smallest absolute Gasteiger partial charge is 0.160 e. The molecule has 3 nitrogen and oxygen atoms in total. The summed E-state index contributed by atoms with van der Waals surface area (Å²) < 4.78 is 5.04. The van der Waals surface area contributed by atoms with E-state index in [1.807, 2.05) is 12.1 Å². The van der Waals surface area contributed by atoms with Gasteiger partial charge in [0.15, 0.2) is 11.5 Å². The zero-order valence-corrected chi connectivity index (χ0v) is 10.8. The minimum atomic E-state index is 0. The van der Waals surface area contributed by atoms with Crippen LogP contribution in [0, 0.1) is 5.92 Å². The molecule has 0 radical (unpaired) electrons. The van der Waals surface area contributed by atoms with Crippen LogP contribution < -0.4 is 10.1 Å². The number of phenolic OH excluding ortho intramolecular Hbond substituents is 1. The van der Waals surface area contributed by atoms with E-state index in [2.05, 4.69) is 19.2 Å². The van der Waals surface area contributed by atoms with Gasteiger partial charge in [-0.15, -0.1) is 12.4 Å². The van der Waals surface area contributed by atoms with Crippen molar-refractivity contribution >= 4 is 12.4 Å². The first-order chi connectivity index (χ1) is 7.13. The molecular weight excluding hydrogens is 226 g/mol. The average molecular weight is 246 g/mol. The van der Waals surface area contributed by atoms with Gasteiger partial charge < -0.3 is 15.2 Å². The Kier molecular flexibility index (Phi) is 6.93. The second-order valence-electron chi connectivity index (χ2n) is 4.03. The van der Waals surface area contributed by atoms with E-state index in [4.69, 9.17) is 4.74 Å². The third kappa shape index (κ3) is 4.73. The molecule has 0 unspecified atom stereocenters. The van der Waals surface area contributed by atoms with E-state index in [1.165, 1.54) is 0 Å². The van der Waals surface area contributed by atoms with E-state index < -0.39 is 0 Å². The zero-order valence-electron chi connectivity index (χ0n) is 9.99. The van der Waals surface area contributed by atoms with Crippen LogP contribution in [0.2, 0.25) is 0 Å². The van der Waals surface area contributed by atoms with E-state index in [-0.39, 0.29) is 18.2 Å². The van der Waals surface area contributed by atoms with Gasteiger partial charge in [0.05, 0.1) is 7.11 Å². The fraction of sp³-hybridized carbons (Fsp3) is 0.500. The van der Waals surface area contributed by atoms with Crippen LogP contribution in [-0.2, 0) is 6.54 Å². The second kappa shape index (κ2) is 7.36. The first kappa shape index (κ1) is 15.1. The molecule has 0 aromatic heterocycles. The standard InChI is InChI=1S/C12H19NO2.ClH/c1-9(2)7-13-8-10-4-5-11(14)12(6-10)15-3;/h4-6,9,13-14H,7-8H2,1-3H3;1H. The van der Waals surface area contributed by atoms with Crippen molar-refractivity contribution in [3.8, 4) is 11.5 Å². The van der Waals surface area contributed by atoms with Gasteiger partial charge in [-0.1, -0.05) is 19.9 Å². The molecule has 0 atom stereocenters. The molecule has 0 aliphatic carbocycles. The zero-order chi connectivity index (χ0) is 11.3. The molecule has 92 valence electrons. The predicted molar refractivity (Wildman–Crippen MR) is 68.5 cm³/mol. The highest BCUT2D eigenvalue weighted by molar-refractivity contribution is 5.85. The number of aromatic hydroxyl groups is 1. The van der Waals surface area contributed by atoms with Gasteiger partial charge in [0.2, 0.25) is 0 Å². The molecule has 16 heavy (non-hydrogen) atoms. The van der Waals surface area contributed by atoms with Gasteiger partial charge in [0.25, 0.3) is 0 Å². The Morgan fingerprint density at radius 2 is 2.06 bits per heavy atom. The number of hydrogen-bond acceptors (Lipinski definition) is 3. The Labute approximate surface area is 103 Å². The molecule has 0 heterocycles. The van der Waals surface area contributed by atoms with E-state index in [9.17, 15) is 5.11 Å². The van der Waals surface area contributed by atoms with Crippen molar-refractivity contribution < 1.29 is 9.84 Å². The number of rotatable bonds is 5. The molecule has 1 aromatic rings. The van der Waals surface area contributed by atoms with Crippen LogP contribution in [0.5, 0.6) is 11.5 Å². The van der Waals surface area contributed by atoms with Crippen LogP contribution in [-0.4, -0.2) is 18.8 Å². The maximum atomic E-state index is 9.40. The Bertz CT molecular complexity index is 316. The summed E-state index contributed by atoms with van der Waals surface area (Å²) in [7, 11) is 1.56. The van der Waals surface area contributed by atoms with Crippen LogP contribution in [0.1, 0.15) is 19.4 Å². The number of halogens is 1. The second-order valence-corrected chi connectivity index (χ2v) is 4.03. The SMILES string of the molecule is COc1cc(CNCC(C)C)ccc1O.Cl. The first-order valence-electron chi connectivity index (χ1n) is 5.20. The number of ether oxygens (including phenoxy) is 1. The lowest BCUT2D eigenvalue weighted by atomic mass is 10.2. The predicted octanol–water partition coefficient (Wildman–Crippen LogP) is 2.57. The van der Waals surface area contributed by atoms with Crippen LogP contribution in [0.15, 0.2) is 18.2 Å². The Balaban J connectivity index is 0.00000225. The van der Waals surface area contributed by atoms with E-state index in [0.29, 0.717) is 11.7 Å². The number of hydrogen-bond donors (Lipinski definition) is 2. The molecule has 4 heteroatoms. The molecule has 0 saturated carbocycles. The van der Waals surface area contributed by atoms with Crippen molar-refractivity contribution in [1.29, 1.82) is 0 Å². The summed E-state index contributed by atoms with van der Waals surface area (Å²) in [5.74, 6) is 1.35. The normalized spacial score (nSPS) is 10.0. The van der Waals surface area contributed by atoms with Crippen molar-refractivity contribution in [3.05, 3.63) is 23.8 Å². The molecule has 0 bridgehead atoms. The lowest BCUT2D eigenvalue weighted by Gasteiger charge is -2.09. The van der Waals surface area contributed by atoms with Gasteiger partial charge in [0, 0.05) is 6.54 Å². The summed E-state index contributed by atoms with van der Waals surface area (Å²) in [6.45, 7) is 6.13. The number of methoxy groups -OCH3 is 1. The highest BCUT2D eigenvalue weighted by Gasteiger charge is 2.02. The molecule has 0 saturated heterocycles. The summed E-state index contributed by atoms with van der Waals surface area (Å²) in [6.07, 6.45) is 0. The fourth-order valence-corrected chi connectivity index (χ4v) is 1.34. The molecule has 0 aliphatic rings. The topological polar surface area (TPSA) is 41.5 Å². The number of nitrogens with one attached hydrogen (secondary N) is 1. The highest BCUT2D eigenvalue weighted by Crippen LogP contribution is 2.26. The Morgan fingerprint density at radius 1 is 1.38 bits per heavy atom. The number of benzene rings is 1. The molecular formula is C12H20ClNO2. The summed E-state index contributed by atoms with van der Waals surface area (Å²) in [6, 6.07) is 5.40.